The van der Waals surface area contributed by atoms with Crippen molar-refractivity contribution in [1.29, 1.82) is 0 Å². The maximum Gasteiger partial charge on any atom is 0.313 e. The second-order valence-corrected chi connectivity index (χ2v) is 5.06. The molecule has 0 N–H and O–H groups in total. The largest absolute Gasteiger partial charge is 0.469 e. The van der Waals surface area contributed by atoms with E-state index in [-0.39, 0.29) is 11.8 Å². The normalized spacial score (nSPS) is 36.1. The van der Waals surface area contributed by atoms with Gasteiger partial charge in [0, 0.05) is 18.3 Å². The minimum absolute atomic E-state index is 0.207. The van der Waals surface area contributed by atoms with E-state index in [4.69, 9.17) is 4.74 Å². The van der Waals surface area contributed by atoms with Crippen molar-refractivity contribution in [3.63, 3.8) is 0 Å². The zero-order valence-electron chi connectivity index (χ0n) is 10.4. The quantitative estimate of drug-likeness (QED) is 0.544. The van der Waals surface area contributed by atoms with Crippen LogP contribution in [0, 0.1) is 10.8 Å². The van der Waals surface area contributed by atoms with Crippen LogP contribution in [0.5, 0.6) is 0 Å². The van der Waals surface area contributed by atoms with Crippen LogP contribution >= 0.6 is 0 Å². The van der Waals surface area contributed by atoms with E-state index in [0.29, 0.717) is 25.7 Å². The van der Waals surface area contributed by atoms with Gasteiger partial charge < -0.3 is 4.74 Å². The van der Waals surface area contributed by atoms with Crippen LogP contribution in [0.25, 0.3) is 0 Å². The molecular formula is C14H18O3. The van der Waals surface area contributed by atoms with Crippen LogP contribution in [0.2, 0.25) is 0 Å². The zero-order valence-corrected chi connectivity index (χ0v) is 10.4. The first-order chi connectivity index (χ1) is 8.02. The Balaban J connectivity index is 2.54. The minimum Gasteiger partial charge on any atom is -0.469 e. The number of fused-ring (bicyclic) bond motifs is 1. The Morgan fingerprint density at radius 1 is 1.59 bits per heavy atom. The number of ether oxygens (including phenoxy) is 1. The molecule has 0 heterocycles. The molecule has 0 aromatic carbocycles. The number of hydrogen-bond donors (Lipinski definition) is 0. The first-order valence-corrected chi connectivity index (χ1v) is 5.93. The van der Waals surface area contributed by atoms with E-state index in [1.54, 1.807) is 6.08 Å². The lowest BCUT2D eigenvalue weighted by Gasteiger charge is -2.46. The Morgan fingerprint density at radius 3 is 2.88 bits per heavy atom. The highest BCUT2D eigenvalue weighted by molar-refractivity contribution is 5.88. The number of carbonyl (C=O) groups excluding carboxylic acids is 2. The van der Waals surface area contributed by atoms with E-state index in [0.717, 1.165) is 5.57 Å². The molecule has 1 fully saturated rings. The predicted octanol–water partition coefficient (Wildman–Crippen LogP) is 2.42. The van der Waals surface area contributed by atoms with Gasteiger partial charge in [-0.25, -0.2) is 0 Å². The number of hydrogen-bond acceptors (Lipinski definition) is 3. The van der Waals surface area contributed by atoms with Crippen LogP contribution in [0.4, 0.5) is 0 Å². The van der Waals surface area contributed by atoms with Gasteiger partial charge in [0.15, 0.2) is 0 Å². The summed E-state index contributed by atoms with van der Waals surface area (Å²) in [4.78, 5) is 23.9. The molecule has 0 saturated heterocycles. The van der Waals surface area contributed by atoms with Crippen molar-refractivity contribution in [2.75, 3.05) is 7.11 Å². The molecule has 0 unspecified atom stereocenters. The maximum atomic E-state index is 12.2. The summed E-state index contributed by atoms with van der Waals surface area (Å²) in [6.45, 7) is 5.84. The molecule has 2 aliphatic rings. The molecule has 0 aliphatic heterocycles. The highest BCUT2D eigenvalue weighted by Crippen LogP contribution is 2.61. The second kappa shape index (κ2) is 3.83. The van der Waals surface area contributed by atoms with Gasteiger partial charge in [-0.2, -0.15) is 0 Å². The topological polar surface area (TPSA) is 43.4 Å². The van der Waals surface area contributed by atoms with Crippen LogP contribution < -0.4 is 0 Å². The molecule has 3 heteroatoms. The highest BCUT2D eigenvalue weighted by atomic mass is 16.5. The van der Waals surface area contributed by atoms with Gasteiger partial charge in [-0.1, -0.05) is 17.7 Å². The maximum absolute atomic E-state index is 12.2. The fraction of sp³-hybridized carbons (Fsp3) is 0.571. The van der Waals surface area contributed by atoms with Crippen LogP contribution in [0.15, 0.2) is 24.3 Å². The molecule has 17 heavy (non-hydrogen) atoms. The molecule has 3 nitrogen and oxygen atoms in total. The fourth-order valence-electron chi connectivity index (χ4n) is 3.45. The number of esters is 1. The number of Topliss-reactive ketones (excluding diaryl/α,β-unsaturated/α-hetero) is 1. The summed E-state index contributed by atoms with van der Waals surface area (Å²) in [5.74, 6) is -0.00271. The molecule has 1 saturated carbocycles. The molecule has 2 atom stereocenters. The molecule has 2 aliphatic carbocycles. The van der Waals surface area contributed by atoms with E-state index < -0.39 is 10.8 Å². The van der Waals surface area contributed by atoms with Crippen molar-refractivity contribution in [3.8, 4) is 0 Å². The van der Waals surface area contributed by atoms with Crippen molar-refractivity contribution in [2.24, 2.45) is 10.8 Å². The molecule has 0 aromatic heterocycles. The Bertz CT molecular complexity index is 421. The summed E-state index contributed by atoms with van der Waals surface area (Å²) < 4.78 is 4.97. The van der Waals surface area contributed by atoms with Crippen LogP contribution in [0.1, 0.15) is 32.6 Å². The lowest BCUT2D eigenvalue weighted by Crippen LogP contribution is -2.49. The van der Waals surface area contributed by atoms with Gasteiger partial charge in [0.25, 0.3) is 0 Å². The number of ketones is 1. The third kappa shape index (κ3) is 1.34. The Hall–Kier alpha value is -1.38. The zero-order chi connectivity index (χ0) is 12.7. The fourth-order valence-corrected chi connectivity index (χ4v) is 3.45. The number of methoxy groups -OCH3 is 1. The molecule has 0 radical (unpaired) electrons. The Kier molecular flexibility index (Phi) is 2.72. The predicted molar refractivity (Wildman–Crippen MR) is 64.3 cm³/mol. The average Bonchev–Trinajstić information content (AvgIpc) is 2.63. The summed E-state index contributed by atoms with van der Waals surface area (Å²) in [5, 5.41) is 0. The summed E-state index contributed by atoms with van der Waals surface area (Å²) in [7, 11) is 1.41. The van der Waals surface area contributed by atoms with E-state index in [1.165, 1.54) is 7.11 Å². The lowest BCUT2D eigenvalue weighted by atomic mass is 9.55. The molecule has 92 valence electrons. The second-order valence-electron chi connectivity index (χ2n) is 5.06. The van der Waals surface area contributed by atoms with Crippen LogP contribution in [-0.2, 0) is 14.3 Å². The Labute approximate surface area is 102 Å². The van der Waals surface area contributed by atoms with Gasteiger partial charge in [0.1, 0.15) is 5.78 Å². The summed E-state index contributed by atoms with van der Waals surface area (Å²) >= 11 is 0. The van der Waals surface area contributed by atoms with Crippen molar-refractivity contribution in [1.82, 2.24) is 0 Å². The van der Waals surface area contributed by atoms with Crippen molar-refractivity contribution in [3.05, 3.63) is 24.3 Å². The molecule has 0 amide bonds. The number of carbonyl (C=O) groups is 2. The van der Waals surface area contributed by atoms with Gasteiger partial charge in [0.2, 0.25) is 0 Å². The third-order valence-corrected chi connectivity index (χ3v) is 4.55. The summed E-state index contributed by atoms with van der Waals surface area (Å²) in [6.07, 6.45) is 5.90. The van der Waals surface area contributed by atoms with Crippen molar-refractivity contribution < 1.29 is 14.3 Å². The highest BCUT2D eigenvalue weighted by Gasteiger charge is 2.61. The first kappa shape index (κ1) is 12.1. The van der Waals surface area contributed by atoms with Crippen molar-refractivity contribution >= 4 is 11.8 Å². The van der Waals surface area contributed by atoms with E-state index in [9.17, 15) is 9.59 Å². The molecule has 0 aromatic rings. The van der Waals surface area contributed by atoms with Gasteiger partial charge >= 0.3 is 5.97 Å². The number of rotatable bonds is 2. The van der Waals surface area contributed by atoms with Crippen molar-refractivity contribution in [2.45, 2.75) is 32.6 Å². The van der Waals surface area contributed by atoms with Crippen LogP contribution in [0.3, 0.4) is 0 Å². The van der Waals surface area contributed by atoms with Gasteiger partial charge in [-0.05, 0) is 19.8 Å². The first-order valence-electron chi connectivity index (χ1n) is 5.93. The van der Waals surface area contributed by atoms with E-state index in [2.05, 4.69) is 12.7 Å². The SMILES string of the molecule is C=C[C@]12CC(=O)CC[C@@]1(C(=O)OC)CC=C2C. The minimum atomic E-state index is -0.596. The molecular weight excluding hydrogens is 216 g/mol. The third-order valence-electron chi connectivity index (χ3n) is 4.55. The smallest absolute Gasteiger partial charge is 0.313 e. The average molecular weight is 234 g/mol. The lowest BCUT2D eigenvalue weighted by molar-refractivity contribution is -0.161. The Morgan fingerprint density at radius 2 is 2.29 bits per heavy atom. The summed E-state index contributed by atoms with van der Waals surface area (Å²) in [5.41, 5.74) is -0.0392. The standard InChI is InChI=1S/C14H18O3/c1-4-13-9-11(15)6-8-14(13,12(16)17-3)7-5-10(13)2/h4-5H,1,6-9H2,2-3H3/t13-,14-/m1/s1. The van der Waals surface area contributed by atoms with Gasteiger partial charge in [-0.15, -0.1) is 6.58 Å². The summed E-state index contributed by atoms with van der Waals surface area (Å²) in [6, 6.07) is 0. The molecule has 2 rings (SSSR count). The number of allylic oxidation sites excluding steroid dienone is 3. The van der Waals surface area contributed by atoms with Gasteiger partial charge in [-0.3, -0.25) is 9.59 Å². The molecule has 0 spiro atoms. The van der Waals surface area contributed by atoms with Crippen LogP contribution in [-0.4, -0.2) is 18.9 Å². The monoisotopic (exact) mass is 234 g/mol. The van der Waals surface area contributed by atoms with E-state index >= 15 is 0 Å². The van der Waals surface area contributed by atoms with Gasteiger partial charge in [0.05, 0.1) is 12.5 Å². The molecule has 0 bridgehead atoms. The van der Waals surface area contributed by atoms with E-state index in [1.807, 2.05) is 6.92 Å².